The van der Waals surface area contributed by atoms with Gasteiger partial charge < -0.3 is 15.5 Å². The SMILES string of the molecule is C[C@H](N)c1c(F)cccc1N1CCC(CN(C)C)CC1. The number of rotatable bonds is 4. The third-order valence-corrected chi connectivity index (χ3v) is 4.06. The zero-order valence-electron chi connectivity index (χ0n) is 12.8. The fraction of sp³-hybridized carbons (Fsp3) is 0.625. The number of piperidine rings is 1. The van der Waals surface area contributed by atoms with Crippen molar-refractivity contribution in [3.8, 4) is 0 Å². The minimum atomic E-state index is -0.273. The van der Waals surface area contributed by atoms with Gasteiger partial charge >= 0.3 is 0 Å². The Morgan fingerprint density at radius 2 is 2.00 bits per heavy atom. The first kappa shape index (κ1) is 15.3. The molecule has 3 nitrogen and oxygen atoms in total. The molecule has 0 unspecified atom stereocenters. The van der Waals surface area contributed by atoms with E-state index in [1.54, 1.807) is 6.07 Å². The summed E-state index contributed by atoms with van der Waals surface area (Å²) in [7, 11) is 4.24. The normalized spacial score (nSPS) is 18.6. The summed E-state index contributed by atoms with van der Waals surface area (Å²) in [6.07, 6.45) is 2.32. The molecule has 0 spiro atoms. The Labute approximate surface area is 121 Å². The fourth-order valence-corrected chi connectivity index (χ4v) is 3.12. The summed E-state index contributed by atoms with van der Waals surface area (Å²) in [5, 5.41) is 0. The van der Waals surface area contributed by atoms with E-state index in [-0.39, 0.29) is 11.9 Å². The Morgan fingerprint density at radius 1 is 1.35 bits per heavy atom. The molecule has 1 aliphatic rings. The van der Waals surface area contributed by atoms with Crippen molar-refractivity contribution in [2.45, 2.75) is 25.8 Å². The predicted octanol–water partition coefficient (Wildman–Crippen LogP) is 2.62. The molecule has 1 aromatic rings. The van der Waals surface area contributed by atoms with Gasteiger partial charge in [0.25, 0.3) is 0 Å². The maximum absolute atomic E-state index is 14.0. The van der Waals surface area contributed by atoms with Crippen molar-refractivity contribution in [3.05, 3.63) is 29.6 Å². The summed E-state index contributed by atoms with van der Waals surface area (Å²) in [6, 6.07) is 5.00. The highest BCUT2D eigenvalue weighted by molar-refractivity contribution is 5.55. The molecule has 4 heteroatoms. The highest BCUT2D eigenvalue weighted by atomic mass is 19.1. The number of hydrogen-bond donors (Lipinski definition) is 1. The Kier molecular flexibility index (Phi) is 5.00. The highest BCUT2D eigenvalue weighted by Gasteiger charge is 2.23. The van der Waals surface area contributed by atoms with Crippen LogP contribution in [0.3, 0.4) is 0 Å². The standard InChI is InChI=1S/C16H26FN3/c1-12(18)16-14(17)5-4-6-15(16)20-9-7-13(8-10-20)11-19(2)3/h4-6,12-13H,7-11,18H2,1-3H3/t12-/m0/s1. The van der Waals surface area contributed by atoms with Crippen molar-refractivity contribution in [1.82, 2.24) is 4.90 Å². The third-order valence-electron chi connectivity index (χ3n) is 4.06. The molecule has 2 rings (SSSR count). The van der Waals surface area contributed by atoms with Gasteiger partial charge in [-0.3, -0.25) is 0 Å². The molecule has 0 radical (unpaired) electrons. The van der Waals surface area contributed by atoms with Crippen LogP contribution in [0.2, 0.25) is 0 Å². The van der Waals surface area contributed by atoms with Crippen LogP contribution in [0.5, 0.6) is 0 Å². The van der Waals surface area contributed by atoms with Crippen LogP contribution in [0.4, 0.5) is 10.1 Å². The van der Waals surface area contributed by atoms with Crippen LogP contribution in [-0.4, -0.2) is 38.6 Å². The first-order valence-electron chi connectivity index (χ1n) is 7.42. The van der Waals surface area contributed by atoms with E-state index < -0.39 is 0 Å². The summed E-state index contributed by atoms with van der Waals surface area (Å²) in [5.41, 5.74) is 7.57. The van der Waals surface area contributed by atoms with Crippen molar-refractivity contribution >= 4 is 5.69 Å². The Morgan fingerprint density at radius 3 is 2.55 bits per heavy atom. The number of nitrogens with two attached hydrogens (primary N) is 1. The molecule has 1 fully saturated rings. The quantitative estimate of drug-likeness (QED) is 0.919. The summed E-state index contributed by atoms with van der Waals surface area (Å²) < 4.78 is 14.0. The molecular weight excluding hydrogens is 253 g/mol. The summed E-state index contributed by atoms with van der Waals surface area (Å²) in [4.78, 5) is 4.53. The second-order valence-electron chi connectivity index (χ2n) is 6.15. The van der Waals surface area contributed by atoms with Crippen LogP contribution in [-0.2, 0) is 0 Å². The van der Waals surface area contributed by atoms with Gasteiger partial charge in [-0.1, -0.05) is 6.07 Å². The number of anilines is 1. The molecule has 0 aliphatic carbocycles. The second kappa shape index (κ2) is 6.55. The van der Waals surface area contributed by atoms with E-state index in [0.29, 0.717) is 5.56 Å². The highest BCUT2D eigenvalue weighted by Crippen LogP contribution is 2.31. The second-order valence-corrected chi connectivity index (χ2v) is 6.15. The molecule has 0 bridgehead atoms. The van der Waals surface area contributed by atoms with Crippen LogP contribution >= 0.6 is 0 Å². The van der Waals surface area contributed by atoms with Gasteiger partial charge in [-0.05, 0) is 51.9 Å². The van der Waals surface area contributed by atoms with Gasteiger partial charge in [0, 0.05) is 36.9 Å². The average Bonchev–Trinajstić information content (AvgIpc) is 2.38. The van der Waals surface area contributed by atoms with E-state index >= 15 is 0 Å². The third kappa shape index (κ3) is 3.49. The summed E-state index contributed by atoms with van der Waals surface area (Å²) in [5.74, 6) is 0.557. The first-order chi connectivity index (χ1) is 9.49. The van der Waals surface area contributed by atoms with Gasteiger partial charge in [0.2, 0.25) is 0 Å². The molecule has 2 N–H and O–H groups in total. The van der Waals surface area contributed by atoms with Crippen LogP contribution in [0, 0.1) is 11.7 Å². The van der Waals surface area contributed by atoms with E-state index in [0.717, 1.165) is 44.1 Å². The Bertz CT molecular complexity index is 437. The predicted molar refractivity (Wildman–Crippen MR) is 82.5 cm³/mol. The van der Waals surface area contributed by atoms with Gasteiger partial charge in [0.05, 0.1) is 0 Å². The maximum Gasteiger partial charge on any atom is 0.130 e. The molecule has 1 atom stereocenters. The molecular formula is C16H26FN3. The molecule has 0 aromatic heterocycles. The van der Waals surface area contributed by atoms with E-state index in [4.69, 9.17) is 5.73 Å². The lowest BCUT2D eigenvalue weighted by atomic mass is 9.95. The van der Waals surface area contributed by atoms with Gasteiger partial charge in [-0.2, -0.15) is 0 Å². The number of nitrogens with zero attached hydrogens (tertiary/aromatic N) is 2. The smallest absolute Gasteiger partial charge is 0.130 e. The van der Waals surface area contributed by atoms with Crippen molar-refractivity contribution in [3.63, 3.8) is 0 Å². The van der Waals surface area contributed by atoms with Crippen LogP contribution in [0.1, 0.15) is 31.4 Å². The van der Waals surface area contributed by atoms with E-state index in [9.17, 15) is 4.39 Å². The lowest BCUT2D eigenvalue weighted by Gasteiger charge is -2.36. The van der Waals surface area contributed by atoms with E-state index in [2.05, 4.69) is 23.9 Å². The van der Waals surface area contributed by atoms with Gasteiger partial charge in [0.1, 0.15) is 5.82 Å². The van der Waals surface area contributed by atoms with Crippen molar-refractivity contribution in [2.75, 3.05) is 38.6 Å². The maximum atomic E-state index is 14.0. The summed E-state index contributed by atoms with van der Waals surface area (Å²) in [6.45, 7) is 4.96. The fourth-order valence-electron chi connectivity index (χ4n) is 3.12. The molecule has 1 heterocycles. The zero-order valence-corrected chi connectivity index (χ0v) is 12.8. The zero-order chi connectivity index (χ0) is 14.7. The van der Waals surface area contributed by atoms with Crippen molar-refractivity contribution < 1.29 is 4.39 Å². The van der Waals surface area contributed by atoms with Gasteiger partial charge in [0.15, 0.2) is 0 Å². The minimum Gasteiger partial charge on any atom is -0.371 e. The summed E-state index contributed by atoms with van der Waals surface area (Å²) >= 11 is 0. The van der Waals surface area contributed by atoms with Crippen molar-refractivity contribution in [1.29, 1.82) is 0 Å². The molecule has 1 aliphatic heterocycles. The Balaban J connectivity index is 2.09. The van der Waals surface area contributed by atoms with Gasteiger partial charge in [-0.25, -0.2) is 4.39 Å². The first-order valence-corrected chi connectivity index (χ1v) is 7.42. The van der Waals surface area contributed by atoms with Crippen LogP contribution in [0.15, 0.2) is 18.2 Å². The molecule has 1 saturated heterocycles. The van der Waals surface area contributed by atoms with Crippen LogP contribution < -0.4 is 10.6 Å². The number of benzene rings is 1. The van der Waals surface area contributed by atoms with Crippen LogP contribution in [0.25, 0.3) is 0 Å². The largest absolute Gasteiger partial charge is 0.371 e. The molecule has 20 heavy (non-hydrogen) atoms. The van der Waals surface area contributed by atoms with E-state index in [1.165, 1.54) is 6.07 Å². The lowest BCUT2D eigenvalue weighted by molar-refractivity contribution is 0.285. The molecule has 0 amide bonds. The lowest BCUT2D eigenvalue weighted by Crippen LogP contribution is -2.38. The number of hydrogen-bond acceptors (Lipinski definition) is 3. The number of halogens is 1. The van der Waals surface area contributed by atoms with Crippen molar-refractivity contribution in [2.24, 2.45) is 11.7 Å². The molecule has 0 saturated carbocycles. The minimum absolute atomic E-state index is 0.187. The molecule has 1 aromatic carbocycles. The average molecular weight is 279 g/mol. The monoisotopic (exact) mass is 279 g/mol. The topological polar surface area (TPSA) is 32.5 Å². The van der Waals surface area contributed by atoms with Gasteiger partial charge in [-0.15, -0.1) is 0 Å². The molecule has 112 valence electrons. The Hall–Kier alpha value is -1.13. The van der Waals surface area contributed by atoms with E-state index in [1.807, 2.05) is 13.0 Å².